The Morgan fingerprint density at radius 2 is 1.74 bits per heavy atom. The molecular formula is C34H38N6O5S. The van der Waals surface area contributed by atoms with Gasteiger partial charge in [-0.3, -0.25) is 0 Å². The minimum Gasteiger partial charge on any atom is -0.497 e. The molecule has 1 aliphatic rings. The number of nitrogens with zero attached hydrogens (tertiary/aromatic N) is 6. The Bertz CT molecular complexity index is 1810. The summed E-state index contributed by atoms with van der Waals surface area (Å²) in [5.41, 5.74) is 3.89. The minimum atomic E-state index is -4.00. The lowest BCUT2D eigenvalue weighted by Crippen LogP contribution is -2.45. The molecule has 4 aromatic rings. The third kappa shape index (κ3) is 7.01. The number of ether oxygens (including phenoxy) is 2. The molecule has 0 saturated carbocycles. The van der Waals surface area contributed by atoms with Crippen LogP contribution in [0.25, 0.3) is 0 Å². The Morgan fingerprint density at radius 3 is 2.35 bits per heavy atom. The Kier molecular flexibility index (Phi) is 9.94. The van der Waals surface area contributed by atoms with Gasteiger partial charge in [0.05, 0.1) is 42.2 Å². The van der Waals surface area contributed by atoms with Gasteiger partial charge in [-0.25, -0.2) is 18.2 Å². The van der Waals surface area contributed by atoms with Crippen LogP contribution < -0.4 is 14.4 Å². The molecule has 1 atom stereocenters. The number of sulfonamides is 1. The number of carbonyl (C=O) groups is 1. The molecule has 0 radical (unpaired) electrons. The van der Waals surface area contributed by atoms with Crippen LogP contribution in [-0.2, 0) is 36.6 Å². The van der Waals surface area contributed by atoms with Crippen LogP contribution in [0.5, 0.6) is 11.5 Å². The van der Waals surface area contributed by atoms with E-state index in [1.54, 1.807) is 66.0 Å². The highest BCUT2D eigenvalue weighted by Crippen LogP contribution is 2.34. The number of fused-ring (bicyclic) bond motifs is 1. The summed E-state index contributed by atoms with van der Waals surface area (Å²) in [5.74, 6) is 0.970. The second kappa shape index (κ2) is 14.1. The van der Waals surface area contributed by atoms with E-state index in [0.717, 1.165) is 22.5 Å². The van der Waals surface area contributed by atoms with E-state index in [1.165, 1.54) is 11.4 Å². The highest BCUT2D eigenvalue weighted by atomic mass is 32.2. The molecule has 0 unspecified atom stereocenters. The highest BCUT2D eigenvalue weighted by molar-refractivity contribution is 7.89. The van der Waals surface area contributed by atoms with Gasteiger partial charge in [0.1, 0.15) is 11.5 Å². The zero-order valence-corrected chi connectivity index (χ0v) is 27.3. The molecule has 5 rings (SSSR count). The van der Waals surface area contributed by atoms with Gasteiger partial charge in [0.15, 0.2) is 0 Å². The van der Waals surface area contributed by atoms with E-state index < -0.39 is 22.2 Å². The van der Waals surface area contributed by atoms with E-state index in [9.17, 15) is 18.5 Å². The molecule has 1 aliphatic heterocycles. The van der Waals surface area contributed by atoms with E-state index in [0.29, 0.717) is 49.7 Å². The number of benzene rings is 3. The van der Waals surface area contributed by atoms with Crippen LogP contribution in [0, 0.1) is 11.3 Å². The number of hydrogen-bond acceptors (Lipinski definition) is 8. The van der Waals surface area contributed by atoms with Gasteiger partial charge in [-0.2, -0.15) is 9.57 Å². The van der Waals surface area contributed by atoms with Crippen molar-refractivity contribution in [1.82, 2.24) is 18.8 Å². The standard InChI is InChI=1S/C34H38N6O5S/c1-5-38(6-2)34(41)45-31-10-7-25(8-11-31)18-28-22-39(23-29-20-36-24-37(29)3)33-16-9-26(19-35)17-27(33)21-40(28)46(42,43)32-14-12-30(44-4)13-15-32/h7-17,20,24,28H,5-6,18,21-23H2,1-4H3/t28-/m1/s1. The van der Waals surface area contributed by atoms with E-state index in [1.807, 2.05) is 43.7 Å². The summed E-state index contributed by atoms with van der Waals surface area (Å²) in [6.45, 7) is 5.81. The maximum absolute atomic E-state index is 14.4. The zero-order valence-electron chi connectivity index (χ0n) is 26.5. The van der Waals surface area contributed by atoms with Crippen LogP contribution >= 0.6 is 0 Å². The summed E-state index contributed by atoms with van der Waals surface area (Å²) in [6.07, 6.45) is 3.51. The van der Waals surface area contributed by atoms with E-state index in [4.69, 9.17) is 9.47 Å². The number of methoxy groups -OCH3 is 1. The lowest BCUT2D eigenvalue weighted by atomic mass is 10.1. The maximum Gasteiger partial charge on any atom is 0.415 e. The number of amides is 1. The molecule has 1 aromatic heterocycles. The summed E-state index contributed by atoms with van der Waals surface area (Å²) in [4.78, 5) is 20.6. The first-order valence-corrected chi connectivity index (χ1v) is 16.6. The van der Waals surface area contributed by atoms with Crippen LogP contribution in [0.2, 0.25) is 0 Å². The molecule has 0 spiro atoms. The topological polar surface area (TPSA) is 121 Å². The lowest BCUT2D eigenvalue weighted by molar-refractivity contribution is 0.157. The first kappa shape index (κ1) is 32.5. The average molecular weight is 643 g/mol. The normalized spacial score (nSPS) is 15.0. The largest absolute Gasteiger partial charge is 0.497 e. The van der Waals surface area contributed by atoms with Crippen molar-refractivity contribution >= 4 is 21.8 Å². The van der Waals surface area contributed by atoms with Crippen LogP contribution in [0.15, 0.2) is 84.1 Å². The second-order valence-electron chi connectivity index (χ2n) is 11.1. The van der Waals surface area contributed by atoms with Crippen LogP contribution in [-0.4, -0.2) is 66.1 Å². The van der Waals surface area contributed by atoms with Crippen molar-refractivity contribution in [3.63, 3.8) is 0 Å². The van der Waals surface area contributed by atoms with Crippen LogP contribution in [0.1, 0.15) is 36.2 Å². The molecule has 3 aromatic carbocycles. The lowest BCUT2D eigenvalue weighted by Gasteiger charge is -2.32. The predicted octanol–water partition coefficient (Wildman–Crippen LogP) is 4.96. The van der Waals surface area contributed by atoms with Crippen molar-refractivity contribution in [2.75, 3.05) is 31.6 Å². The smallest absolute Gasteiger partial charge is 0.415 e. The summed E-state index contributed by atoms with van der Waals surface area (Å²) in [5, 5.41) is 9.70. The molecule has 0 aliphatic carbocycles. The molecule has 46 heavy (non-hydrogen) atoms. The van der Waals surface area contributed by atoms with Crippen molar-refractivity contribution in [3.05, 3.63) is 102 Å². The van der Waals surface area contributed by atoms with E-state index in [2.05, 4.69) is 16.0 Å². The van der Waals surface area contributed by atoms with Crippen molar-refractivity contribution in [3.8, 4) is 17.6 Å². The molecule has 0 fully saturated rings. The third-order valence-corrected chi connectivity index (χ3v) is 10.2. The van der Waals surface area contributed by atoms with Gasteiger partial charge in [-0.05, 0) is 86.0 Å². The SMILES string of the molecule is CCN(CC)C(=O)Oc1ccc(C[C@@H]2CN(Cc3cncn3C)c3ccc(C#N)cc3CN2S(=O)(=O)c2ccc(OC)cc2)cc1. The van der Waals surface area contributed by atoms with Gasteiger partial charge < -0.3 is 23.8 Å². The van der Waals surface area contributed by atoms with Gasteiger partial charge in [0, 0.05) is 51.2 Å². The molecule has 1 amide bonds. The average Bonchev–Trinajstić information content (AvgIpc) is 3.40. The summed E-state index contributed by atoms with van der Waals surface area (Å²) >= 11 is 0. The van der Waals surface area contributed by atoms with Crippen LogP contribution in [0.4, 0.5) is 10.5 Å². The number of rotatable bonds is 10. The number of hydrogen-bond donors (Lipinski definition) is 0. The number of anilines is 1. The monoisotopic (exact) mass is 642 g/mol. The number of carbonyl (C=O) groups excluding carboxylic acids is 1. The molecule has 12 heteroatoms. The van der Waals surface area contributed by atoms with E-state index in [-0.39, 0.29) is 11.4 Å². The molecule has 2 heterocycles. The molecule has 0 saturated heterocycles. The summed E-state index contributed by atoms with van der Waals surface area (Å²) in [7, 11) is -0.544. The van der Waals surface area contributed by atoms with Crippen molar-refractivity contribution in [2.45, 2.75) is 44.3 Å². The Labute approximate surface area is 270 Å². The van der Waals surface area contributed by atoms with E-state index >= 15 is 0 Å². The number of aryl methyl sites for hydroxylation is 1. The van der Waals surface area contributed by atoms with Gasteiger partial charge in [0.2, 0.25) is 10.0 Å². The van der Waals surface area contributed by atoms with Gasteiger partial charge >= 0.3 is 6.09 Å². The fourth-order valence-electron chi connectivity index (χ4n) is 5.66. The quantitative estimate of drug-likeness (QED) is 0.238. The molecule has 0 bridgehead atoms. The molecular weight excluding hydrogens is 604 g/mol. The predicted molar refractivity (Wildman–Crippen MR) is 174 cm³/mol. The number of aromatic nitrogens is 2. The van der Waals surface area contributed by atoms with Crippen molar-refractivity contribution < 1.29 is 22.7 Å². The zero-order chi connectivity index (χ0) is 32.8. The van der Waals surface area contributed by atoms with Crippen molar-refractivity contribution in [1.29, 1.82) is 5.26 Å². The fraction of sp³-hybridized carbons (Fsp3) is 0.324. The highest BCUT2D eigenvalue weighted by Gasteiger charge is 2.37. The molecule has 0 N–H and O–H groups in total. The first-order chi connectivity index (χ1) is 22.2. The molecule has 240 valence electrons. The number of nitriles is 1. The minimum absolute atomic E-state index is 0.0747. The third-order valence-electron chi connectivity index (χ3n) is 8.27. The Hall–Kier alpha value is -4.86. The van der Waals surface area contributed by atoms with Gasteiger partial charge in [-0.1, -0.05) is 12.1 Å². The van der Waals surface area contributed by atoms with Gasteiger partial charge in [-0.15, -0.1) is 0 Å². The first-order valence-electron chi connectivity index (χ1n) is 15.1. The summed E-state index contributed by atoms with van der Waals surface area (Å²) in [6, 6.07) is 20.7. The van der Waals surface area contributed by atoms with Crippen LogP contribution in [0.3, 0.4) is 0 Å². The summed E-state index contributed by atoms with van der Waals surface area (Å²) < 4.78 is 43.1. The number of imidazole rings is 1. The van der Waals surface area contributed by atoms with Gasteiger partial charge in [0.25, 0.3) is 0 Å². The van der Waals surface area contributed by atoms with Crippen molar-refractivity contribution in [2.24, 2.45) is 7.05 Å². The molecule has 11 nitrogen and oxygen atoms in total. The fourth-order valence-corrected chi connectivity index (χ4v) is 7.25. The Balaban J connectivity index is 1.54. The second-order valence-corrected chi connectivity index (χ2v) is 13.0. The Morgan fingerprint density at radius 1 is 1.04 bits per heavy atom. The maximum atomic E-state index is 14.4.